The molecule has 0 bridgehead atoms. The molecule has 1 aliphatic heterocycles. The number of phenols is 1. The van der Waals surface area contributed by atoms with Crippen LogP contribution < -0.4 is 0 Å². The van der Waals surface area contributed by atoms with Gasteiger partial charge in [-0.1, -0.05) is 66.2 Å². The predicted molar refractivity (Wildman–Crippen MR) is 129 cm³/mol. The molecular formula is C26H20ClNO2S. The standard InChI is InChI=1S/C26H20ClNO2S/c27-18-12-17(15-29)26(30)21(13-18)23-14-25(31-24-11-4-3-10-22(24)28-23)20-9-5-7-16-6-1-2-8-19(16)20/h1-13,25,29-30H,14-15H2. The molecule has 4 aromatic carbocycles. The minimum absolute atomic E-state index is 0.0340. The lowest BCUT2D eigenvalue weighted by Crippen LogP contribution is -2.07. The molecular weight excluding hydrogens is 426 g/mol. The Kier molecular flexibility index (Phi) is 5.45. The van der Waals surface area contributed by atoms with Crippen LogP contribution >= 0.6 is 23.4 Å². The summed E-state index contributed by atoms with van der Waals surface area (Å²) in [4.78, 5) is 6.03. The molecule has 5 rings (SSSR count). The van der Waals surface area contributed by atoms with Crippen LogP contribution in [-0.4, -0.2) is 15.9 Å². The third-order valence-corrected chi connectivity index (χ3v) is 7.10. The van der Waals surface area contributed by atoms with E-state index in [1.807, 2.05) is 18.2 Å². The summed E-state index contributed by atoms with van der Waals surface area (Å²) in [5.74, 6) is 0.0340. The number of nitrogens with zero attached hydrogens (tertiary/aromatic N) is 1. The minimum atomic E-state index is -0.287. The lowest BCUT2D eigenvalue weighted by molar-refractivity contribution is 0.275. The van der Waals surface area contributed by atoms with E-state index in [1.54, 1.807) is 23.9 Å². The molecule has 2 N–H and O–H groups in total. The molecule has 1 unspecified atom stereocenters. The second kappa shape index (κ2) is 8.39. The van der Waals surface area contributed by atoms with Gasteiger partial charge in [0, 0.05) is 32.7 Å². The van der Waals surface area contributed by atoms with Gasteiger partial charge in [0.25, 0.3) is 0 Å². The van der Waals surface area contributed by atoms with E-state index < -0.39 is 0 Å². The van der Waals surface area contributed by atoms with E-state index in [9.17, 15) is 10.2 Å². The second-order valence-electron chi connectivity index (χ2n) is 7.52. The van der Waals surface area contributed by atoms with Crippen molar-refractivity contribution in [1.82, 2.24) is 0 Å². The number of aliphatic hydroxyl groups excluding tert-OH is 1. The highest BCUT2D eigenvalue weighted by molar-refractivity contribution is 7.99. The molecule has 0 fully saturated rings. The first kappa shape index (κ1) is 20.1. The smallest absolute Gasteiger partial charge is 0.130 e. The first-order chi connectivity index (χ1) is 15.1. The number of benzene rings is 4. The Hall–Kier alpha value is -2.79. The van der Waals surface area contributed by atoms with Crippen molar-refractivity contribution < 1.29 is 10.2 Å². The van der Waals surface area contributed by atoms with Gasteiger partial charge in [-0.15, -0.1) is 11.8 Å². The Morgan fingerprint density at radius 1 is 0.968 bits per heavy atom. The zero-order valence-electron chi connectivity index (χ0n) is 16.6. The molecule has 4 aromatic rings. The lowest BCUT2D eigenvalue weighted by atomic mass is 9.95. The van der Waals surface area contributed by atoms with E-state index in [-0.39, 0.29) is 17.6 Å². The fourth-order valence-corrected chi connectivity index (χ4v) is 5.59. The second-order valence-corrected chi connectivity index (χ2v) is 9.21. The van der Waals surface area contributed by atoms with Crippen molar-refractivity contribution >= 4 is 45.5 Å². The van der Waals surface area contributed by atoms with Crippen LogP contribution in [-0.2, 0) is 6.61 Å². The SMILES string of the molecule is OCc1cc(Cl)cc(C2=Nc3ccccc3SC(c3cccc4ccccc34)C2)c1O. The topological polar surface area (TPSA) is 52.8 Å². The predicted octanol–water partition coefficient (Wildman–Crippen LogP) is 7.05. The largest absolute Gasteiger partial charge is 0.507 e. The van der Waals surface area contributed by atoms with Gasteiger partial charge in [0.1, 0.15) is 5.75 Å². The van der Waals surface area contributed by atoms with Crippen LogP contribution in [0.15, 0.2) is 88.8 Å². The minimum Gasteiger partial charge on any atom is -0.507 e. The number of rotatable bonds is 3. The molecule has 0 saturated heterocycles. The summed E-state index contributed by atoms with van der Waals surface area (Å²) < 4.78 is 0. The number of aliphatic imine (C=N–C) groups is 1. The number of hydrogen-bond donors (Lipinski definition) is 2. The van der Waals surface area contributed by atoms with E-state index in [0.29, 0.717) is 22.6 Å². The first-order valence-corrected chi connectivity index (χ1v) is 11.3. The number of aromatic hydroxyl groups is 1. The van der Waals surface area contributed by atoms with E-state index in [4.69, 9.17) is 16.6 Å². The molecule has 0 aromatic heterocycles. The van der Waals surface area contributed by atoms with Gasteiger partial charge in [0.2, 0.25) is 0 Å². The number of para-hydroxylation sites is 1. The van der Waals surface area contributed by atoms with Gasteiger partial charge in [-0.25, -0.2) is 0 Å². The van der Waals surface area contributed by atoms with Crippen molar-refractivity contribution in [2.75, 3.05) is 0 Å². The van der Waals surface area contributed by atoms with Crippen LogP contribution in [0.25, 0.3) is 10.8 Å². The fraction of sp³-hybridized carbons (Fsp3) is 0.115. The molecule has 0 saturated carbocycles. The molecule has 0 aliphatic carbocycles. The molecule has 0 spiro atoms. The van der Waals surface area contributed by atoms with Crippen molar-refractivity contribution in [1.29, 1.82) is 0 Å². The van der Waals surface area contributed by atoms with Crippen LogP contribution in [0.5, 0.6) is 5.75 Å². The Morgan fingerprint density at radius 3 is 2.61 bits per heavy atom. The molecule has 1 heterocycles. The number of halogens is 1. The van der Waals surface area contributed by atoms with Crippen molar-refractivity contribution in [3.05, 3.63) is 101 Å². The summed E-state index contributed by atoms with van der Waals surface area (Å²) in [7, 11) is 0. The first-order valence-electron chi connectivity index (χ1n) is 10.1. The average molecular weight is 446 g/mol. The van der Waals surface area contributed by atoms with Gasteiger partial charge in [-0.3, -0.25) is 4.99 Å². The summed E-state index contributed by atoms with van der Waals surface area (Å²) >= 11 is 8.10. The normalized spacial score (nSPS) is 15.9. The Balaban J connectivity index is 1.69. The van der Waals surface area contributed by atoms with Gasteiger partial charge in [-0.2, -0.15) is 0 Å². The molecule has 31 heavy (non-hydrogen) atoms. The van der Waals surface area contributed by atoms with Crippen LogP contribution in [0.4, 0.5) is 5.69 Å². The van der Waals surface area contributed by atoms with Crippen molar-refractivity contribution in [3.63, 3.8) is 0 Å². The van der Waals surface area contributed by atoms with Crippen LogP contribution in [0.2, 0.25) is 5.02 Å². The summed E-state index contributed by atoms with van der Waals surface area (Å²) in [6, 6.07) is 26.2. The van der Waals surface area contributed by atoms with Crippen LogP contribution in [0.3, 0.4) is 0 Å². The molecule has 154 valence electrons. The zero-order valence-corrected chi connectivity index (χ0v) is 18.2. The molecule has 1 aliphatic rings. The third-order valence-electron chi connectivity index (χ3n) is 5.57. The van der Waals surface area contributed by atoms with Crippen LogP contribution in [0.1, 0.15) is 28.4 Å². The van der Waals surface area contributed by atoms with Gasteiger partial charge in [0.05, 0.1) is 18.0 Å². The summed E-state index contributed by atoms with van der Waals surface area (Å²) in [5.41, 5.74) is 3.83. The molecule has 1 atom stereocenters. The third kappa shape index (κ3) is 3.83. The highest BCUT2D eigenvalue weighted by atomic mass is 35.5. The van der Waals surface area contributed by atoms with Gasteiger partial charge in [0.15, 0.2) is 0 Å². The Bertz CT molecular complexity index is 1310. The van der Waals surface area contributed by atoms with Crippen molar-refractivity contribution in [2.24, 2.45) is 4.99 Å². The maximum atomic E-state index is 10.8. The maximum absolute atomic E-state index is 10.8. The van der Waals surface area contributed by atoms with E-state index in [2.05, 4.69) is 48.5 Å². The fourth-order valence-electron chi connectivity index (χ4n) is 4.08. The number of aliphatic hydroxyl groups is 1. The Morgan fingerprint density at radius 2 is 1.74 bits per heavy atom. The summed E-state index contributed by atoms with van der Waals surface area (Å²) in [5, 5.41) is 23.5. The maximum Gasteiger partial charge on any atom is 0.130 e. The molecule has 0 radical (unpaired) electrons. The summed E-state index contributed by atoms with van der Waals surface area (Å²) in [6.07, 6.45) is 0.617. The molecule has 0 amide bonds. The van der Waals surface area contributed by atoms with Crippen molar-refractivity contribution in [3.8, 4) is 5.75 Å². The summed E-state index contributed by atoms with van der Waals surface area (Å²) in [6.45, 7) is -0.287. The number of thioether (sulfide) groups is 1. The Labute approximate surface area is 190 Å². The van der Waals surface area contributed by atoms with Crippen LogP contribution in [0, 0.1) is 0 Å². The quantitative estimate of drug-likeness (QED) is 0.355. The van der Waals surface area contributed by atoms with Gasteiger partial charge >= 0.3 is 0 Å². The highest BCUT2D eigenvalue weighted by Crippen LogP contribution is 2.47. The lowest BCUT2D eigenvalue weighted by Gasteiger charge is -2.19. The van der Waals surface area contributed by atoms with Gasteiger partial charge in [-0.05, 0) is 40.6 Å². The number of hydrogen-bond acceptors (Lipinski definition) is 4. The monoisotopic (exact) mass is 445 g/mol. The zero-order chi connectivity index (χ0) is 21.4. The van der Waals surface area contributed by atoms with E-state index in [0.717, 1.165) is 16.3 Å². The molecule has 5 heteroatoms. The highest BCUT2D eigenvalue weighted by Gasteiger charge is 2.26. The van der Waals surface area contributed by atoms with E-state index in [1.165, 1.54) is 16.3 Å². The van der Waals surface area contributed by atoms with E-state index >= 15 is 0 Å². The van der Waals surface area contributed by atoms with Gasteiger partial charge < -0.3 is 10.2 Å². The number of fused-ring (bicyclic) bond motifs is 2. The van der Waals surface area contributed by atoms with Crippen molar-refractivity contribution in [2.45, 2.75) is 23.2 Å². The molecule has 3 nitrogen and oxygen atoms in total. The average Bonchev–Trinajstić information content (AvgIpc) is 2.99.